The molecule has 14 heteroatoms. The van der Waals surface area contributed by atoms with Crippen molar-refractivity contribution in [1.82, 2.24) is 29.9 Å². The number of rotatable bonds is 6. The number of hydrogen-bond acceptors (Lipinski definition) is 9. The second-order valence-electron chi connectivity index (χ2n) is 10.7. The van der Waals surface area contributed by atoms with E-state index in [-0.39, 0.29) is 6.10 Å². The highest BCUT2D eigenvalue weighted by Crippen LogP contribution is 2.33. The van der Waals surface area contributed by atoms with E-state index >= 15 is 0 Å². The predicted octanol–water partition coefficient (Wildman–Crippen LogP) is 5.81. The summed E-state index contributed by atoms with van der Waals surface area (Å²) < 4.78 is 46.0. The number of carboxylic acid groups (broad SMARTS) is 1. The number of piperidine rings is 1. The van der Waals surface area contributed by atoms with Gasteiger partial charge in [0.1, 0.15) is 41.8 Å². The number of alkyl halides is 3. The van der Waals surface area contributed by atoms with Crippen molar-refractivity contribution in [2.24, 2.45) is 0 Å². The van der Waals surface area contributed by atoms with Gasteiger partial charge in [-0.15, -0.1) is 0 Å². The van der Waals surface area contributed by atoms with Crippen LogP contribution in [-0.2, 0) is 4.79 Å². The number of aliphatic carboxylic acids is 1. The first kappa shape index (κ1) is 29.1. The number of anilines is 2. The van der Waals surface area contributed by atoms with Gasteiger partial charge in [0, 0.05) is 35.4 Å². The summed E-state index contributed by atoms with van der Waals surface area (Å²) in [6, 6.07) is 16.9. The smallest absolute Gasteiger partial charge is 0.490 e. The van der Waals surface area contributed by atoms with E-state index in [4.69, 9.17) is 19.4 Å². The van der Waals surface area contributed by atoms with Crippen LogP contribution in [0.4, 0.5) is 24.7 Å². The van der Waals surface area contributed by atoms with Gasteiger partial charge in [-0.3, -0.25) is 0 Å². The van der Waals surface area contributed by atoms with Crippen LogP contribution in [0.5, 0.6) is 17.2 Å². The minimum absolute atomic E-state index is 0.248. The summed E-state index contributed by atoms with van der Waals surface area (Å²) in [5, 5.41) is 19.3. The number of pyridine rings is 1. The first-order chi connectivity index (χ1) is 21.1. The molecular weight excluding hydrogens is 579 g/mol. The Bertz CT molecular complexity index is 1800. The van der Waals surface area contributed by atoms with Gasteiger partial charge in [0.15, 0.2) is 5.65 Å². The molecule has 2 aromatic carbocycles. The van der Waals surface area contributed by atoms with Gasteiger partial charge in [-0.1, -0.05) is 0 Å². The van der Waals surface area contributed by atoms with Gasteiger partial charge >= 0.3 is 12.1 Å². The van der Waals surface area contributed by atoms with E-state index in [0.29, 0.717) is 17.8 Å². The molecule has 3 aromatic heterocycles. The Labute approximate surface area is 249 Å². The lowest BCUT2D eigenvalue weighted by Crippen LogP contribution is -2.42. The molecule has 5 aromatic rings. The number of nitrogens with one attached hydrogen (secondary N) is 2. The Kier molecular flexibility index (Phi) is 7.91. The zero-order valence-corrected chi connectivity index (χ0v) is 23.5. The Morgan fingerprint density at radius 1 is 1.00 bits per heavy atom. The minimum atomic E-state index is -5.08. The molecule has 3 N–H and O–H groups in total. The number of nitrogens with zero attached hydrogens (tertiary/aromatic N) is 5. The molecule has 2 fully saturated rings. The minimum Gasteiger partial charge on any atom is -0.490 e. The summed E-state index contributed by atoms with van der Waals surface area (Å²) in [4.78, 5) is 22.1. The van der Waals surface area contributed by atoms with Crippen molar-refractivity contribution in [2.75, 3.05) is 5.32 Å². The summed E-state index contributed by atoms with van der Waals surface area (Å²) in [6.45, 7) is 2.02. The largest absolute Gasteiger partial charge is 0.490 e. The third kappa shape index (κ3) is 6.64. The highest BCUT2D eigenvalue weighted by atomic mass is 19.4. The molecule has 5 heterocycles. The van der Waals surface area contributed by atoms with Crippen molar-refractivity contribution >= 4 is 34.0 Å². The molecule has 2 saturated heterocycles. The maximum Gasteiger partial charge on any atom is 0.490 e. The van der Waals surface area contributed by atoms with E-state index in [0.717, 1.165) is 58.0 Å². The molecule has 2 bridgehead atoms. The normalized spacial score (nSPS) is 19.3. The number of ether oxygens (including phenoxy) is 2. The van der Waals surface area contributed by atoms with Crippen LogP contribution in [0.15, 0.2) is 67.4 Å². The van der Waals surface area contributed by atoms with E-state index < -0.39 is 12.1 Å². The maximum atomic E-state index is 10.6. The monoisotopic (exact) mass is 607 g/mol. The molecule has 2 unspecified atom stereocenters. The second kappa shape index (κ2) is 12.0. The van der Waals surface area contributed by atoms with Gasteiger partial charge in [0.2, 0.25) is 0 Å². The van der Waals surface area contributed by atoms with Crippen LogP contribution in [0.2, 0.25) is 0 Å². The number of aromatic nitrogens is 5. The van der Waals surface area contributed by atoms with Crippen LogP contribution in [-0.4, -0.2) is 60.0 Å². The summed E-state index contributed by atoms with van der Waals surface area (Å²) in [5.41, 5.74) is 3.52. The third-order valence-corrected chi connectivity index (χ3v) is 7.50. The van der Waals surface area contributed by atoms with Crippen molar-refractivity contribution in [2.45, 2.75) is 57.0 Å². The number of carboxylic acids is 1. The van der Waals surface area contributed by atoms with Crippen molar-refractivity contribution in [3.63, 3.8) is 0 Å². The predicted molar refractivity (Wildman–Crippen MR) is 154 cm³/mol. The third-order valence-electron chi connectivity index (χ3n) is 7.50. The van der Waals surface area contributed by atoms with E-state index in [1.807, 2.05) is 61.7 Å². The summed E-state index contributed by atoms with van der Waals surface area (Å²) in [6.07, 6.45) is 4.73. The fourth-order valence-electron chi connectivity index (χ4n) is 5.47. The van der Waals surface area contributed by atoms with Gasteiger partial charge in [-0.2, -0.15) is 18.3 Å². The number of fused-ring (bicyclic) bond motifs is 4. The highest BCUT2D eigenvalue weighted by molar-refractivity contribution is 5.91. The molecule has 0 radical (unpaired) electrons. The molecule has 2 atom stereocenters. The van der Waals surface area contributed by atoms with Crippen LogP contribution in [0, 0.1) is 6.92 Å². The zero-order valence-electron chi connectivity index (χ0n) is 23.5. The van der Waals surface area contributed by atoms with E-state index in [9.17, 15) is 13.2 Å². The molecule has 0 amide bonds. The van der Waals surface area contributed by atoms with E-state index in [2.05, 4.69) is 30.7 Å². The number of halogens is 3. The fourth-order valence-corrected chi connectivity index (χ4v) is 5.47. The standard InChI is InChI=1S/C28H27N7O2.C2HF3O2/c1-17-10-18(4-7-26(17)37-22-8-9-35-27(14-22)30-16-32-35)34-28-24-13-21(5-6-25(24)29-15-31-28)36-23-11-19-2-3-20(12-23)33-19;3-2(4,5)1(6)7/h4-10,13-16,19-20,23,33H,2-3,11-12H2,1H3,(H,29,31,34);(H,6,7). The first-order valence-electron chi connectivity index (χ1n) is 13.9. The molecule has 2 aliphatic rings. The van der Waals surface area contributed by atoms with Gasteiger partial charge in [-0.05, 0) is 80.6 Å². The van der Waals surface area contributed by atoms with Crippen molar-refractivity contribution in [3.05, 3.63) is 72.9 Å². The lowest BCUT2D eigenvalue weighted by atomic mass is 10.0. The SMILES string of the molecule is Cc1cc(Nc2ncnc3ccc(OC4CC5CCC(C4)N5)cc23)ccc1Oc1ccn2ncnc2c1.O=C(O)C(F)(F)F. The molecule has 11 nitrogen and oxygen atoms in total. The molecule has 0 saturated carbocycles. The lowest BCUT2D eigenvalue weighted by Gasteiger charge is -2.29. The first-order valence-corrected chi connectivity index (χ1v) is 13.9. The van der Waals surface area contributed by atoms with E-state index in [1.54, 1.807) is 10.8 Å². The summed E-state index contributed by atoms with van der Waals surface area (Å²) in [5.74, 6) is 0.328. The lowest BCUT2D eigenvalue weighted by molar-refractivity contribution is -0.192. The highest BCUT2D eigenvalue weighted by Gasteiger charge is 2.38. The number of aryl methyl sites for hydroxylation is 1. The maximum absolute atomic E-state index is 10.6. The van der Waals surface area contributed by atoms with Gasteiger partial charge < -0.3 is 25.2 Å². The number of hydrogen-bond donors (Lipinski definition) is 3. The van der Waals surface area contributed by atoms with Crippen LogP contribution in [0.3, 0.4) is 0 Å². The molecule has 44 heavy (non-hydrogen) atoms. The van der Waals surface area contributed by atoms with Gasteiger partial charge in [-0.25, -0.2) is 24.3 Å². The molecule has 228 valence electrons. The summed E-state index contributed by atoms with van der Waals surface area (Å²) in [7, 11) is 0. The average Bonchev–Trinajstić information content (AvgIpc) is 3.59. The molecule has 0 aliphatic carbocycles. The summed E-state index contributed by atoms with van der Waals surface area (Å²) >= 11 is 0. The van der Waals surface area contributed by atoms with Crippen molar-refractivity contribution in [3.8, 4) is 17.2 Å². The van der Waals surface area contributed by atoms with Crippen LogP contribution in [0.1, 0.15) is 31.2 Å². The topological polar surface area (TPSA) is 136 Å². The quantitative estimate of drug-likeness (QED) is 0.217. The van der Waals surface area contributed by atoms with Gasteiger partial charge in [0.05, 0.1) is 5.52 Å². The number of benzene rings is 2. The number of carbonyl (C=O) groups is 1. The Morgan fingerprint density at radius 3 is 2.50 bits per heavy atom. The molecule has 7 rings (SSSR count). The Morgan fingerprint density at radius 2 is 1.77 bits per heavy atom. The van der Waals surface area contributed by atoms with Crippen LogP contribution in [0.25, 0.3) is 16.6 Å². The molecule has 2 aliphatic heterocycles. The second-order valence-corrected chi connectivity index (χ2v) is 10.7. The van der Waals surface area contributed by atoms with Crippen LogP contribution < -0.4 is 20.1 Å². The van der Waals surface area contributed by atoms with E-state index in [1.165, 1.54) is 19.2 Å². The zero-order chi connectivity index (χ0) is 30.8. The van der Waals surface area contributed by atoms with Crippen molar-refractivity contribution in [1.29, 1.82) is 0 Å². The Balaban J connectivity index is 0.000000441. The molecule has 0 spiro atoms. The van der Waals surface area contributed by atoms with Crippen molar-refractivity contribution < 1.29 is 32.5 Å². The Hall–Kier alpha value is -4.98. The van der Waals surface area contributed by atoms with Gasteiger partial charge in [0.25, 0.3) is 0 Å². The van der Waals surface area contributed by atoms with Crippen LogP contribution >= 0.6 is 0 Å². The average molecular weight is 608 g/mol. The molecular formula is C30H28F3N7O4. The fraction of sp³-hybridized carbons (Fsp3) is 0.300.